The van der Waals surface area contributed by atoms with E-state index in [0.717, 1.165) is 5.56 Å². The molecular formula is C18H22ClN5O3. The summed E-state index contributed by atoms with van der Waals surface area (Å²) in [5.74, 6) is -0.144. The number of aliphatic hydroxyl groups is 1. The Morgan fingerprint density at radius 3 is 2.78 bits per heavy atom. The van der Waals surface area contributed by atoms with Crippen molar-refractivity contribution in [2.24, 2.45) is 11.7 Å². The molecule has 0 unspecified atom stereocenters. The summed E-state index contributed by atoms with van der Waals surface area (Å²) in [5, 5.41) is 21.1. The van der Waals surface area contributed by atoms with Crippen molar-refractivity contribution >= 4 is 29.0 Å². The van der Waals surface area contributed by atoms with Crippen LogP contribution < -0.4 is 15.8 Å². The van der Waals surface area contributed by atoms with E-state index in [4.69, 9.17) is 27.5 Å². The van der Waals surface area contributed by atoms with Gasteiger partial charge < -0.3 is 26.3 Å². The van der Waals surface area contributed by atoms with Crippen LogP contribution in [-0.4, -0.2) is 40.4 Å². The molecule has 9 heteroatoms. The van der Waals surface area contributed by atoms with Crippen LogP contribution in [0, 0.1) is 11.3 Å². The zero-order valence-corrected chi connectivity index (χ0v) is 15.9. The molecule has 2 rings (SSSR count). The second-order valence-corrected chi connectivity index (χ2v) is 6.25. The van der Waals surface area contributed by atoms with Gasteiger partial charge in [-0.3, -0.25) is 4.79 Å². The highest BCUT2D eigenvalue weighted by Crippen LogP contribution is 2.25. The van der Waals surface area contributed by atoms with E-state index in [2.05, 4.69) is 15.3 Å². The molecule has 1 amide bonds. The van der Waals surface area contributed by atoms with E-state index >= 15 is 0 Å². The van der Waals surface area contributed by atoms with Gasteiger partial charge >= 0.3 is 0 Å². The second-order valence-electron chi connectivity index (χ2n) is 5.84. The number of aromatic nitrogens is 2. The first-order valence-corrected chi connectivity index (χ1v) is 8.71. The van der Waals surface area contributed by atoms with Gasteiger partial charge in [-0.05, 0) is 24.1 Å². The lowest BCUT2D eigenvalue weighted by Gasteiger charge is -2.15. The summed E-state index contributed by atoms with van der Waals surface area (Å²) in [4.78, 5) is 20.0. The zero-order valence-electron chi connectivity index (χ0n) is 15.1. The number of aliphatic hydroxyl groups excluding tert-OH is 1. The van der Waals surface area contributed by atoms with Crippen LogP contribution in [-0.2, 0) is 6.54 Å². The average Bonchev–Trinajstić information content (AvgIpc) is 2.67. The van der Waals surface area contributed by atoms with Crippen LogP contribution in [0.1, 0.15) is 35.1 Å². The molecule has 1 atom stereocenters. The molecule has 1 aromatic heterocycles. The highest BCUT2D eigenvalue weighted by molar-refractivity contribution is 6.32. The Kier molecular flexibility index (Phi) is 7.09. The summed E-state index contributed by atoms with van der Waals surface area (Å²) in [5.41, 5.74) is 6.45. The molecule has 1 aromatic carbocycles. The molecule has 0 aliphatic heterocycles. The number of carbonyl (C=O) groups is 1. The van der Waals surface area contributed by atoms with Crippen LogP contribution in [0.5, 0.6) is 5.75 Å². The summed E-state index contributed by atoms with van der Waals surface area (Å²) in [7, 11) is 1.53. The molecule has 5 N–H and O–H groups in total. The largest absolute Gasteiger partial charge is 0.495 e. The van der Waals surface area contributed by atoms with Crippen molar-refractivity contribution < 1.29 is 14.6 Å². The first-order valence-electron chi connectivity index (χ1n) is 8.34. The highest BCUT2D eigenvalue weighted by Gasteiger charge is 2.19. The first-order chi connectivity index (χ1) is 12.9. The fourth-order valence-corrected chi connectivity index (χ4v) is 2.72. The number of nitrogens with zero attached hydrogens (tertiary/aromatic N) is 2. The van der Waals surface area contributed by atoms with Gasteiger partial charge in [-0.25, -0.2) is 9.97 Å². The number of carbonyl (C=O) groups excluding carboxylic acids is 1. The predicted octanol–water partition coefficient (Wildman–Crippen LogP) is 2.24. The standard InChI is InChI=1S/C18H22ClN5O3/c1-3-11(9-25)15(20)18-23-8-12(16(21)26)17(24-18)22-7-10-4-5-14(27-2)13(19)6-10/h4-6,8,11,20,25H,3,7,9H2,1-2H3,(H2,21,26)(H,22,23,24)/t11-/m1/s1. The third-order valence-corrected chi connectivity index (χ3v) is 4.39. The van der Waals surface area contributed by atoms with Crippen LogP contribution in [0.2, 0.25) is 5.02 Å². The number of anilines is 1. The highest BCUT2D eigenvalue weighted by atomic mass is 35.5. The number of amides is 1. The van der Waals surface area contributed by atoms with Crippen molar-refractivity contribution in [2.75, 3.05) is 19.0 Å². The minimum atomic E-state index is -0.683. The smallest absolute Gasteiger partial charge is 0.254 e. The lowest BCUT2D eigenvalue weighted by molar-refractivity contribution is 0.100. The predicted molar refractivity (Wildman–Crippen MR) is 104 cm³/mol. The number of nitrogens with one attached hydrogen (secondary N) is 2. The van der Waals surface area contributed by atoms with Gasteiger partial charge in [0.2, 0.25) is 0 Å². The number of nitrogens with two attached hydrogens (primary N) is 1. The van der Waals surface area contributed by atoms with Crippen molar-refractivity contribution in [1.29, 1.82) is 5.41 Å². The molecule has 0 bridgehead atoms. The quantitative estimate of drug-likeness (QED) is 0.484. The van der Waals surface area contributed by atoms with Crippen LogP contribution in [0.25, 0.3) is 0 Å². The minimum Gasteiger partial charge on any atom is -0.495 e. The second kappa shape index (κ2) is 9.29. The lowest BCUT2D eigenvalue weighted by Crippen LogP contribution is -2.23. The van der Waals surface area contributed by atoms with Crippen molar-refractivity contribution in [2.45, 2.75) is 19.9 Å². The zero-order chi connectivity index (χ0) is 20.0. The van der Waals surface area contributed by atoms with Gasteiger partial charge in [0.15, 0.2) is 5.82 Å². The van der Waals surface area contributed by atoms with E-state index < -0.39 is 5.91 Å². The SMILES string of the molecule is CC[C@H](CO)C(=N)c1ncc(C(N)=O)c(NCc2ccc(OC)c(Cl)c2)n1. The molecular weight excluding hydrogens is 370 g/mol. The maximum Gasteiger partial charge on any atom is 0.254 e. The summed E-state index contributed by atoms with van der Waals surface area (Å²) in [6, 6.07) is 5.30. The number of hydrogen-bond acceptors (Lipinski definition) is 7. The van der Waals surface area contributed by atoms with Gasteiger partial charge in [-0.1, -0.05) is 24.6 Å². The molecule has 0 radical (unpaired) electrons. The summed E-state index contributed by atoms with van der Waals surface area (Å²) >= 11 is 6.12. The van der Waals surface area contributed by atoms with Gasteiger partial charge in [-0.2, -0.15) is 0 Å². The Morgan fingerprint density at radius 1 is 1.48 bits per heavy atom. The molecule has 0 aliphatic carbocycles. The van der Waals surface area contributed by atoms with Crippen LogP contribution >= 0.6 is 11.6 Å². The molecule has 8 nitrogen and oxygen atoms in total. The maximum absolute atomic E-state index is 11.7. The van der Waals surface area contributed by atoms with Gasteiger partial charge in [0.05, 0.1) is 30.0 Å². The van der Waals surface area contributed by atoms with E-state index in [1.54, 1.807) is 12.1 Å². The van der Waals surface area contributed by atoms with Crippen molar-refractivity contribution in [3.05, 3.63) is 46.4 Å². The number of primary amides is 1. The average molecular weight is 392 g/mol. The minimum absolute atomic E-state index is 0.103. The molecule has 0 spiro atoms. The Bertz CT molecular complexity index is 840. The van der Waals surface area contributed by atoms with Gasteiger partial charge in [-0.15, -0.1) is 0 Å². The first kappa shape index (κ1) is 20.6. The maximum atomic E-state index is 11.7. The third kappa shape index (κ3) is 4.93. The van der Waals surface area contributed by atoms with Gasteiger partial charge in [0.25, 0.3) is 5.91 Å². The molecule has 1 heterocycles. The summed E-state index contributed by atoms with van der Waals surface area (Å²) in [6.45, 7) is 2.01. The van der Waals surface area contributed by atoms with E-state index in [-0.39, 0.29) is 35.4 Å². The van der Waals surface area contributed by atoms with E-state index in [1.165, 1.54) is 13.3 Å². The molecule has 0 fully saturated rings. The molecule has 144 valence electrons. The van der Waals surface area contributed by atoms with Crippen molar-refractivity contribution in [3.8, 4) is 5.75 Å². The number of ether oxygens (including phenoxy) is 1. The van der Waals surface area contributed by atoms with Gasteiger partial charge in [0.1, 0.15) is 11.6 Å². The van der Waals surface area contributed by atoms with Crippen LogP contribution in [0.4, 0.5) is 5.82 Å². The Morgan fingerprint density at radius 2 is 2.22 bits per heavy atom. The van der Waals surface area contributed by atoms with Crippen LogP contribution in [0.3, 0.4) is 0 Å². The molecule has 2 aromatic rings. The molecule has 27 heavy (non-hydrogen) atoms. The number of benzene rings is 1. The van der Waals surface area contributed by atoms with Gasteiger partial charge in [0, 0.05) is 18.7 Å². The summed E-state index contributed by atoms with van der Waals surface area (Å²) in [6.07, 6.45) is 1.86. The number of halogens is 1. The van der Waals surface area contributed by atoms with E-state index in [1.807, 2.05) is 13.0 Å². The summed E-state index contributed by atoms with van der Waals surface area (Å²) < 4.78 is 5.12. The van der Waals surface area contributed by atoms with Crippen LogP contribution in [0.15, 0.2) is 24.4 Å². The topological polar surface area (TPSA) is 134 Å². The van der Waals surface area contributed by atoms with E-state index in [9.17, 15) is 9.90 Å². The third-order valence-electron chi connectivity index (χ3n) is 4.09. The Labute approximate surface area is 162 Å². The normalized spacial score (nSPS) is 11.7. The fraction of sp³-hybridized carbons (Fsp3) is 0.333. The van der Waals surface area contributed by atoms with E-state index in [0.29, 0.717) is 23.7 Å². The van der Waals surface area contributed by atoms with Crippen molar-refractivity contribution in [3.63, 3.8) is 0 Å². The molecule has 0 saturated heterocycles. The van der Waals surface area contributed by atoms with Crippen molar-refractivity contribution in [1.82, 2.24) is 9.97 Å². The monoisotopic (exact) mass is 391 g/mol. The Hall–Kier alpha value is -2.71. The fourth-order valence-electron chi connectivity index (χ4n) is 2.44. The Balaban J connectivity index is 2.28. The molecule has 0 saturated carbocycles. The lowest BCUT2D eigenvalue weighted by atomic mass is 10.0. The molecule has 0 aliphatic rings. The number of methoxy groups -OCH3 is 1. The number of hydrogen-bond donors (Lipinski definition) is 4. The number of rotatable bonds is 9.